The highest BCUT2D eigenvalue weighted by Crippen LogP contribution is 2.41. The van der Waals surface area contributed by atoms with Crippen LogP contribution in [0.25, 0.3) is 0 Å². The zero-order chi connectivity index (χ0) is 7.71. The van der Waals surface area contributed by atoms with Crippen molar-refractivity contribution in [3.63, 3.8) is 0 Å². The van der Waals surface area contributed by atoms with E-state index in [1.807, 2.05) is 0 Å². The van der Waals surface area contributed by atoms with E-state index in [0.29, 0.717) is 10.3 Å². The molecule has 3 radical (unpaired) electrons. The molecule has 0 aromatic carbocycles. The van der Waals surface area contributed by atoms with Gasteiger partial charge < -0.3 is 0 Å². The van der Waals surface area contributed by atoms with Crippen molar-refractivity contribution in [3.05, 3.63) is 0 Å². The molecule has 0 saturated heterocycles. The van der Waals surface area contributed by atoms with Gasteiger partial charge in [-0.2, -0.15) is 0 Å². The Bertz CT molecular complexity index is 74.4. The molecule has 0 spiro atoms. The lowest BCUT2D eigenvalue weighted by Gasteiger charge is -2.28. The van der Waals surface area contributed by atoms with Crippen molar-refractivity contribution in [3.8, 4) is 0 Å². The topological polar surface area (TPSA) is 0 Å². The van der Waals surface area contributed by atoms with Gasteiger partial charge in [-0.3, -0.25) is 0 Å². The summed E-state index contributed by atoms with van der Waals surface area (Å²) in [4.78, 5) is 0. The average molecular weight is 157 g/mol. The lowest BCUT2D eigenvalue weighted by molar-refractivity contribution is 0.725. The fourth-order valence-corrected chi connectivity index (χ4v) is 3.38. The summed E-state index contributed by atoms with van der Waals surface area (Å²) in [6, 6.07) is 0. The van der Waals surface area contributed by atoms with Crippen molar-refractivity contribution in [2.45, 2.75) is 51.9 Å². The van der Waals surface area contributed by atoms with E-state index in [1.54, 1.807) is 0 Å². The van der Waals surface area contributed by atoms with Crippen LogP contribution >= 0.6 is 8.58 Å². The molecule has 0 rings (SSSR count). The maximum absolute atomic E-state index is 2.30. The van der Waals surface area contributed by atoms with Crippen LogP contribution in [-0.4, -0.2) is 18.7 Å². The van der Waals surface area contributed by atoms with E-state index in [9.17, 15) is 0 Å². The monoisotopic (exact) mass is 157 g/mol. The second-order valence-corrected chi connectivity index (χ2v) is 7.88. The highest BCUT2D eigenvalue weighted by Gasteiger charge is 2.19. The third kappa shape index (κ3) is 11.3. The molecule has 0 unspecified atom stereocenters. The van der Waals surface area contributed by atoms with E-state index in [-0.39, 0.29) is 8.41 Å². The van der Waals surface area contributed by atoms with Crippen molar-refractivity contribution in [2.75, 3.05) is 0 Å². The van der Waals surface area contributed by atoms with Crippen LogP contribution in [0, 0.1) is 0 Å². The zero-order valence-corrected chi connectivity index (χ0v) is 9.08. The summed E-state index contributed by atoms with van der Waals surface area (Å²) in [6.45, 7) is 13.8. The first-order valence-corrected chi connectivity index (χ1v) is 4.50. The quantitative estimate of drug-likeness (QED) is 0.374. The molecular formula is C8H19BP. The summed E-state index contributed by atoms with van der Waals surface area (Å²) in [5.41, 5.74) is 0. The zero-order valence-electron chi connectivity index (χ0n) is 8.08. The minimum Gasteiger partial charge on any atom is -0.111 e. The summed E-state index contributed by atoms with van der Waals surface area (Å²) in [5.74, 6) is 0. The van der Waals surface area contributed by atoms with Crippen molar-refractivity contribution in [1.29, 1.82) is 0 Å². The fraction of sp³-hybridized carbons (Fsp3) is 1.00. The second-order valence-electron chi connectivity index (χ2n) is 4.62. The van der Waals surface area contributed by atoms with Gasteiger partial charge in [0.1, 0.15) is 0 Å². The Morgan fingerprint density at radius 2 is 0.900 bits per heavy atom. The SMILES string of the molecule is CC(C)(C)PC(C)(C)C.[B]. The molecule has 0 fully saturated rings. The van der Waals surface area contributed by atoms with Crippen LogP contribution < -0.4 is 0 Å². The van der Waals surface area contributed by atoms with Crippen LogP contribution in [0.1, 0.15) is 41.5 Å². The molecule has 0 aliphatic carbocycles. The summed E-state index contributed by atoms with van der Waals surface area (Å²) in [7, 11) is 1.05. The Morgan fingerprint density at radius 3 is 0.900 bits per heavy atom. The first-order chi connectivity index (χ1) is 3.71. The Kier molecular flexibility index (Phi) is 4.93. The number of hydrogen-bond donors (Lipinski definition) is 0. The van der Waals surface area contributed by atoms with Gasteiger partial charge in [0.15, 0.2) is 0 Å². The van der Waals surface area contributed by atoms with Gasteiger partial charge in [-0.25, -0.2) is 0 Å². The predicted octanol–water partition coefficient (Wildman–Crippen LogP) is 2.88. The normalized spacial score (nSPS) is 12.6. The van der Waals surface area contributed by atoms with Crippen LogP contribution in [0.2, 0.25) is 0 Å². The summed E-state index contributed by atoms with van der Waals surface area (Å²) in [5, 5.41) is 1.02. The van der Waals surface area contributed by atoms with Crippen LogP contribution in [0.3, 0.4) is 0 Å². The molecular weight excluding hydrogens is 138 g/mol. The predicted molar refractivity (Wildman–Crippen MR) is 53.6 cm³/mol. The highest BCUT2D eigenvalue weighted by atomic mass is 31.1. The smallest absolute Gasteiger partial charge is 0 e. The molecule has 0 heterocycles. The van der Waals surface area contributed by atoms with Gasteiger partial charge >= 0.3 is 0 Å². The number of hydrogen-bond acceptors (Lipinski definition) is 0. The van der Waals surface area contributed by atoms with Gasteiger partial charge in [0.2, 0.25) is 0 Å². The third-order valence-electron chi connectivity index (χ3n) is 0.750. The van der Waals surface area contributed by atoms with E-state index >= 15 is 0 Å². The second kappa shape index (κ2) is 3.76. The molecule has 0 saturated carbocycles. The summed E-state index contributed by atoms with van der Waals surface area (Å²) < 4.78 is 0. The highest BCUT2D eigenvalue weighted by molar-refractivity contribution is 7.41. The lowest BCUT2D eigenvalue weighted by Crippen LogP contribution is -2.16. The minimum absolute atomic E-state index is 0. The average Bonchev–Trinajstić information content (AvgIpc) is 1.14. The maximum Gasteiger partial charge on any atom is 0 e. The molecule has 0 aromatic rings. The summed E-state index contributed by atoms with van der Waals surface area (Å²) >= 11 is 0. The van der Waals surface area contributed by atoms with E-state index in [4.69, 9.17) is 0 Å². The van der Waals surface area contributed by atoms with E-state index in [2.05, 4.69) is 41.5 Å². The Hall–Kier alpha value is 0.495. The van der Waals surface area contributed by atoms with Crippen LogP contribution in [0.4, 0.5) is 0 Å². The largest absolute Gasteiger partial charge is 0.111 e. The lowest BCUT2D eigenvalue weighted by atomic mass is 10.2. The fourth-order valence-electron chi connectivity index (χ4n) is 1.12. The first kappa shape index (κ1) is 13.1. The Morgan fingerprint density at radius 1 is 0.700 bits per heavy atom. The standard InChI is InChI=1S/C8H19P.B/c1-7(2,3)9-8(4,5)6;/h9H,1-6H3;. The maximum atomic E-state index is 2.30. The van der Waals surface area contributed by atoms with Gasteiger partial charge in [0.25, 0.3) is 0 Å². The Labute approximate surface area is 69.5 Å². The molecule has 0 N–H and O–H groups in total. The van der Waals surface area contributed by atoms with Gasteiger partial charge in [-0.15, -0.1) is 8.58 Å². The molecule has 10 heavy (non-hydrogen) atoms. The van der Waals surface area contributed by atoms with Crippen molar-refractivity contribution in [1.82, 2.24) is 0 Å². The van der Waals surface area contributed by atoms with Crippen LogP contribution in [-0.2, 0) is 0 Å². The van der Waals surface area contributed by atoms with Crippen LogP contribution in [0.15, 0.2) is 0 Å². The molecule has 0 amide bonds. The molecule has 0 atom stereocenters. The van der Waals surface area contributed by atoms with E-state index < -0.39 is 0 Å². The third-order valence-corrected chi connectivity index (χ3v) is 2.25. The van der Waals surface area contributed by atoms with Gasteiger partial charge in [-0.1, -0.05) is 41.5 Å². The van der Waals surface area contributed by atoms with Crippen molar-refractivity contribution >= 4 is 17.0 Å². The van der Waals surface area contributed by atoms with E-state index in [1.165, 1.54) is 0 Å². The van der Waals surface area contributed by atoms with Crippen molar-refractivity contribution < 1.29 is 0 Å². The van der Waals surface area contributed by atoms with Crippen molar-refractivity contribution in [2.24, 2.45) is 0 Å². The molecule has 0 aromatic heterocycles. The van der Waals surface area contributed by atoms with E-state index in [0.717, 1.165) is 8.58 Å². The molecule has 2 heteroatoms. The minimum atomic E-state index is 0. The van der Waals surface area contributed by atoms with Gasteiger partial charge in [-0.05, 0) is 10.3 Å². The van der Waals surface area contributed by atoms with Crippen LogP contribution in [0.5, 0.6) is 0 Å². The molecule has 0 aliphatic rings. The first-order valence-electron chi connectivity index (χ1n) is 3.50. The Balaban J connectivity index is 0. The molecule has 59 valence electrons. The van der Waals surface area contributed by atoms with Gasteiger partial charge in [0, 0.05) is 8.41 Å². The van der Waals surface area contributed by atoms with Gasteiger partial charge in [0.05, 0.1) is 0 Å². The summed E-state index contributed by atoms with van der Waals surface area (Å²) in [6.07, 6.45) is 0. The molecule has 0 nitrogen and oxygen atoms in total. The number of rotatable bonds is 0. The molecule has 0 bridgehead atoms. The molecule has 0 aliphatic heterocycles.